The second-order valence-corrected chi connectivity index (χ2v) is 25.8. The monoisotopic (exact) mass is 1140 g/mol. The van der Waals surface area contributed by atoms with Crippen LogP contribution in [-0.2, 0) is 5.41 Å². The topological polar surface area (TPSA) is 32.8 Å². The van der Waals surface area contributed by atoms with Crippen molar-refractivity contribution in [2.24, 2.45) is 0 Å². The van der Waals surface area contributed by atoms with Gasteiger partial charge in [-0.2, -0.15) is 0 Å². The van der Waals surface area contributed by atoms with E-state index >= 15 is 0 Å². The zero-order valence-electron chi connectivity index (χ0n) is 49.7. The maximum absolute atomic E-state index is 7.28. The Hall–Kier alpha value is -10.2. The number of anilines is 6. The molecular formula is C85H64N2O2. The highest BCUT2D eigenvalue weighted by molar-refractivity contribution is 6.22. The van der Waals surface area contributed by atoms with E-state index in [0.717, 1.165) is 67.2 Å². The summed E-state index contributed by atoms with van der Waals surface area (Å²) in [4.78, 5) is 4.85. The van der Waals surface area contributed by atoms with Gasteiger partial charge in [0.15, 0.2) is 11.2 Å². The Bertz CT molecular complexity index is 5320. The second kappa shape index (κ2) is 19.9. The molecule has 0 atom stereocenters. The van der Waals surface area contributed by atoms with Crippen LogP contribution in [0.5, 0.6) is 0 Å². The first-order valence-electron chi connectivity index (χ1n) is 32.5. The van der Waals surface area contributed by atoms with Crippen LogP contribution < -0.4 is 9.80 Å². The molecule has 0 saturated heterocycles. The van der Waals surface area contributed by atoms with Crippen LogP contribution in [0.25, 0.3) is 98.4 Å². The molecule has 0 amide bonds. The first-order valence-corrected chi connectivity index (χ1v) is 32.5. The molecule has 4 aliphatic carbocycles. The minimum absolute atomic E-state index is 0.515. The predicted molar refractivity (Wildman–Crippen MR) is 371 cm³/mol. The van der Waals surface area contributed by atoms with Crippen LogP contribution in [0.15, 0.2) is 264 Å². The first kappa shape index (κ1) is 50.9. The van der Waals surface area contributed by atoms with Gasteiger partial charge in [-0.15, -0.1) is 0 Å². The summed E-state index contributed by atoms with van der Waals surface area (Å²) in [6.07, 6.45) is 12.6. The van der Waals surface area contributed by atoms with Gasteiger partial charge in [-0.05, 0) is 198 Å². The van der Waals surface area contributed by atoms with Gasteiger partial charge < -0.3 is 18.6 Å². The molecular weight excluding hydrogens is 1080 g/mol. The number of para-hydroxylation sites is 6. The maximum Gasteiger partial charge on any atom is 0.159 e. The van der Waals surface area contributed by atoms with Crippen molar-refractivity contribution in [3.05, 3.63) is 288 Å². The van der Waals surface area contributed by atoms with Crippen molar-refractivity contribution in [3.8, 4) is 22.3 Å². The molecule has 15 aromatic rings. The number of hydrogen-bond acceptors (Lipinski definition) is 4. The van der Waals surface area contributed by atoms with E-state index in [9.17, 15) is 0 Å². The number of nitrogens with zero attached hydrogens (tertiary/aromatic N) is 2. The van der Waals surface area contributed by atoms with Crippen molar-refractivity contribution in [2.45, 2.75) is 81.5 Å². The molecule has 0 radical (unpaired) electrons. The van der Waals surface area contributed by atoms with Crippen LogP contribution >= 0.6 is 0 Å². The van der Waals surface area contributed by atoms with Crippen LogP contribution in [0.3, 0.4) is 0 Å². The van der Waals surface area contributed by atoms with E-state index in [2.05, 4.69) is 265 Å². The molecule has 2 heterocycles. The van der Waals surface area contributed by atoms with Gasteiger partial charge in [0.05, 0.1) is 16.8 Å². The molecule has 0 aliphatic heterocycles. The van der Waals surface area contributed by atoms with E-state index < -0.39 is 5.41 Å². The maximum atomic E-state index is 7.28. The molecule has 89 heavy (non-hydrogen) atoms. The lowest BCUT2D eigenvalue weighted by molar-refractivity contribution is 0.442. The molecule has 2 aromatic heterocycles. The third kappa shape index (κ3) is 7.47. The van der Waals surface area contributed by atoms with Crippen LogP contribution in [0, 0.1) is 0 Å². The van der Waals surface area contributed by atoms with E-state index in [-0.39, 0.29) is 0 Å². The molecule has 0 unspecified atom stereocenters. The minimum Gasteiger partial charge on any atom is -0.454 e. The normalized spacial score (nSPS) is 15.4. The largest absolute Gasteiger partial charge is 0.454 e. The number of rotatable bonds is 8. The van der Waals surface area contributed by atoms with Crippen LogP contribution in [0.2, 0.25) is 0 Å². The lowest BCUT2D eigenvalue weighted by atomic mass is 9.69. The number of furan rings is 2. The van der Waals surface area contributed by atoms with E-state index in [4.69, 9.17) is 8.83 Å². The number of hydrogen-bond donors (Lipinski definition) is 0. The van der Waals surface area contributed by atoms with Crippen molar-refractivity contribution in [2.75, 3.05) is 9.80 Å². The van der Waals surface area contributed by atoms with Crippen molar-refractivity contribution < 1.29 is 8.83 Å². The Labute approximate surface area is 517 Å². The molecule has 4 nitrogen and oxygen atoms in total. The molecule has 0 N–H and O–H groups in total. The van der Waals surface area contributed by atoms with Gasteiger partial charge in [0.1, 0.15) is 11.2 Å². The molecule has 13 aromatic carbocycles. The second-order valence-electron chi connectivity index (χ2n) is 25.8. The third-order valence-corrected chi connectivity index (χ3v) is 21.2. The van der Waals surface area contributed by atoms with Crippen molar-refractivity contribution in [1.29, 1.82) is 0 Å². The summed E-state index contributed by atoms with van der Waals surface area (Å²) in [5.41, 5.74) is 22.8. The summed E-state index contributed by atoms with van der Waals surface area (Å²) in [6, 6.07) is 96.0. The summed E-state index contributed by atoms with van der Waals surface area (Å²) in [7, 11) is 0. The zero-order chi connectivity index (χ0) is 58.3. The van der Waals surface area contributed by atoms with E-state index in [1.54, 1.807) is 0 Å². The Morgan fingerprint density at radius 1 is 0.292 bits per heavy atom. The molecule has 19 rings (SSSR count). The Balaban J connectivity index is 0.834. The van der Waals surface area contributed by atoms with Gasteiger partial charge in [0.2, 0.25) is 0 Å². The summed E-state index contributed by atoms with van der Waals surface area (Å²) >= 11 is 0. The molecule has 2 fully saturated rings. The van der Waals surface area contributed by atoms with E-state index in [1.165, 1.54) is 163 Å². The van der Waals surface area contributed by atoms with Crippen LogP contribution in [-0.4, -0.2) is 0 Å². The fourth-order valence-corrected chi connectivity index (χ4v) is 17.3. The molecule has 4 aliphatic rings. The lowest BCUT2D eigenvalue weighted by Crippen LogP contribution is -2.26. The zero-order valence-corrected chi connectivity index (χ0v) is 49.7. The average molecular weight is 1150 g/mol. The van der Waals surface area contributed by atoms with Crippen molar-refractivity contribution in [3.63, 3.8) is 0 Å². The molecule has 4 heteroatoms. The average Bonchev–Trinajstić information content (AvgIpc) is 1.52. The Morgan fingerprint density at radius 2 is 0.764 bits per heavy atom. The highest BCUT2D eigenvalue weighted by atomic mass is 16.3. The number of benzene rings is 13. The van der Waals surface area contributed by atoms with Gasteiger partial charge in [-0.3, -0.25) is 0 Å². The molecule has 0 bridgehead atoms. The van der Waals surface area contributed by atoms with Gasteiger partial charge in [0, 0.05) is 44.3 Å². The highest BCUT2D eigenvalue weighted by Crippen LogP contribution is 2.66. The standard InChI is InChI=1S/C85H64N2O2/c1-5-23-53(24-6-1)61-35-19-37-68-70-39-21-43-77(83(70)88-81(61)68)86(57-27-9-3-10-28-57)59-46-45-55-50-73-76(51-56(55)49-59)85(74-41-17-15-32-64(74)65-33-16-18-42-75(65)85)80-67-48-47-60(52-72(67)63-31-13-14-34-66(63)79(73)80)87(58-29-11-4-12-30-58)78-44-22-40-71-69-38-20-36-62(82(69)89-84(71)78)54-25-7-2-8-26-54/h3-4,9-22,27-54H,1-2,5-8,23-26H2. The van der Waals surface area contributed by atoms with E-state index in [1.807, 2.05) is 0 Å². The fraction of sp³-hybridized carbons (Fsp3) is 0.153. The quantitative estimate of drug-likeness (QED) is 0.142. The number of fused-ring (bicyclic) bond motifs is 22. The summed E-state index contributed by atoms with van der Waals surface area (Å²) < 4.78 is 14.5. The van der Waals surface area contributed by atoms with Crippen molar-refractivity contribution in [1.82, 2.24) is 0 Å². The van der Waals surface area contributed by atoms with Crippen LogP contribution in [0.1, 0.15) is 109 Å². The molecule has 426 valence electrons. The smallest absolute Gasteiger partial charge is 0.159 e. The summed E-state index contributed by atoms with van der Waals surface area (Å²) in [6.45, 7) is 0. The fourth-order valence-electron chi connectivity index (χ4n) is 17.3. The third-order valence-electron chi connectivity index (χ3n) is 21.2. The van der Waals surface area contributed by atoms with Gasteiger partial charge in [-0.1, -0.05) is 221 Å². The Kier molecular flexibility index (Phi) is 11.4. The summed E-state index contributed by atoms with van der Waals surface area (Å²) in [5, 5.41) is 12.0. The van der Waals surface area contributed by atoms with Gasteiger partial charge >= 0.3 is 0 Å². The Morgan fingerprint density at radius 3 is 1.34 bits per heavy atom. The van der Waals surface area contributed by atoms with Crippen molar-refractivity contribution >= 4 is 110 Å². The molecule has 1 spiro atoms. The van der Waals surface area contributed by atoms with Gasteiger partial charge in [0.25, 0.3) is 0 Å². The first-order chi connectivity index (χ1) is 44.2. The minimum atomic E-state index is -0.643. The van der Waals surface area contributed by atoms with E-state index in [0.29, 0.717) is 11.8 Å². The molecule has 2 saturated carbocycles. The van der Waals surface area contributed by atoms with Gasteiger partial charge in [-0.25, -0.2) is 0 Å². The lowest BCUT2D eigenvalue weighted by Gasteiger charge is -2.32. The SMILES string of the molecule is c1ccc(N(c2ccc3cc4c(cc3c2)C2(c3ccccc3-c3ccccc32)c2c-4c3ccccc3c3cc(N(c4ccccc4)c4cccc5c4oc4c(C6CCCCC6)cccc45)ccc23)c2cccc3c2oc2c(C4CCCCC4)cccc23)cc1. The predicted octanol–water partition coefficient (Wildman–Crippen LogP) is 24.3. The summed E-state index contributed by atoms with van der Waals surface area (Å²) in [5.74, 6) is 1.03. The van der Waals surface area contributed by atoms with Crippen LogP contribution in [0.4, 0.5) is 34.1 Å². The highest BCUT2D eigenvalue weighted by Gasteiger charge is 2.53.